The third-order valence-corrected chi connectivity index (χ3v) is 7.84. The topological polar surface area (TPSA) is 38.8 Å². The lowest BCUT2D eigenvalue weighted by atomic mass is 9.92. The zero-order chi connectivity index (χ0) is 16.6. The fraction of sp³-hybridized carbons (Fsp3) is 0.722. The molecule has 3 aliphatic rings. The van der Waals surface area contributed by atoms with Crippen molar-refractivity contribution < 1.29 is 14.3 Å². The van der Waals surface area contributed by atoms with Crippen molar-refractivity contribution in [1.82, 2.24) is 4.90 Å². The molecule has 4 rings (SSSR count). The van der Waals surface area contributed by atoms with Gasteiger partial charge in [0, 0.05) is 43.5 Å². The molecule has 1 spiro atoms. The van der Waals surface area contributed by atoms with Crippen LogP contribution in [0.1, 0.15) is 33.8 Å². The van der Waals surface area contributed by atoms with Crippen LogP contribution in [0.25, 0.3) is 0 Å². The van der Waals surface area contributed by atoms with E-state index in [1.54, 1.807) is 11.3 Å². The highest BCUT2D eigenvalue weighted by molar-refractivity contribution is 8.01. The Morgan fingerprint density at radius 3 is 2.88 bits per heavy atom. The Bertz CT molecular complexity index is 591. The summed E-state index contributed by atoms with van der Waals surface area (Å²) in [5.41, 5.74) is 0. The number of nitrogens with zero attached hydrogens (tertiary/aromatic N) is 1. The van der Waals surface area contributed by atoms with Crippen molar-refractivity contribution in [2.45, 2.75) is 37.0 Å². The van der Waals surface area contributed by atoms with Gasteiger partial charge in [0.1, 0.15) is 0 Å². The maximum absolute atomic E-state index is 12.5. The summed E-state index contributed by atoms with van der Waals surface area (Å²) in [6.07, 6.45) is 3.72. The Morgan fingerprint density at radius 2 is 2.17 bits per heavy atom. The lowest BCUT2D eigenvalue weighted by molar-refractivity contribution is -0.0118. The van der Waals surface area contributed by atoms with Gasteiger partial charge in [0.15, 0.2) is 0 Å². The maximum atomic E-state index is 12.5. The first-order valence-electron chi connectivity index (χ1n) is 8.83. The molecule has 1 amide bonds. The van der Waals surface area contributed by atoms with Crippen molar-refractivity contribution >= 4 is 29.0 Å². The van der Waals surface area contributed by atoms with Crippen LogP contribution in [0.15, 0.2) is 12.1 Å². The van der Waals surface area contributed by atoms with Crippen molar-refractivity contribution in [3.05, 3.63) is 21.9 Å². The molecule has 24 heavy (non-hydrogen) atoms. The molecule has 3 fully saturated rings. The number of amides is 1. The molecule has 0 radical (unpaired) electrons. The van der Waals surface area contributed by atoms with Gasteiger partial charge in [0.25, 0.3) is 5.91 Å². The number of ether oxygens (including phenoxy) is 2. The van der Waals surface area contributed by atoms with Crippen LogP contribution in [0.5, 0.6) is 0 Å². The standard InChI is InChI=1S/C18H25NO3S2/c1-13-2-3-16(24-13)17(20)19-11-18(12-19)8-15(10-23-18)22-9-14-4-6-21-7-5-14/h2-3,14-15H,4-12H2,1H3. The maximum Gasteiger partial charge on any atom is 0.264 e. The summed E-state index contributed by atoms with van der Waals surface area (Å²) in [7, 11) is 0. The Labute approximate surface area is 151 Å². The lowest BCUT2D eigenvalue weighted by Gasteiger charge is -2.47. The van der Waals surface area contributed by atoms with Gasteiger partial charge in [-0.3, -0.25) is 4.79 Å². The van der Waals surface area contributed by atoms with Gasteiger partial charge >= 0.3 is 0 Å². The van der Waals surface area contributed by atoms with E-state index in [0.29, 0.717) is 12.0 Å². The Balaban J connectivity index is 1.23. The number of thiophene rings is 1. The molecule has 0 bridgehead atoms. The van der Waals surface area contributed by atoms with E-state index in [0.717, 1.165) is 62.8 Å². The predicted octanol–water partition coefficient (Wildman–Crippen LogP) is 3.20. The first-order chi connectivity index (χ1) is 11.6. The zero-order valence-electron chi connectivity index (χ0n) is 14.2. The average molecular weight is 368 g/mol. The molecule has 0 aromatic carbocycles. The van der Waals surface area contributed by atoms with Crippen molar-refractivity contribution in [3.8, 4) is 0 Å². The normalized spacial score (nSPS) is 26.7. The van der Waals surface area contributed by atoms with Crippen molar-refractivity contribution in [3.63, 3.8) is 0 Å². The summed E-state index contributed by atoms with van der Waals surface area (Å²) < 4.78 is 11.8. The van der Waals surface area contributed by atoms with E-state index in [1.807, 2.05) is 35.7 Å². The van der Waals surface area contributed by atoms with E-state index in [1.165, 1.54) is 4.88 Å². The number of hydrogen-bond acceptors (Lipinski definition) is 5. The molecule has 1 aromatic rings. The Morgan fingerprint density at radius 1 is 1.38 bits per heavy atom. The van der Waals surface area contributed by atoms with Gasteiger partial charge in [-0.2, -0.15) is 0 Å². The summed E-state index contributed by atoms with van der Waals surface area (Å²) in [5, 5.41) is 0. The Hall–Kier alpha value is -0.560. The third-order valence-electron chi connectivity index (χ3n) is 5.28. The van der Waals surface area contributed by atoms with E-state index in [2.05, 4.69) is 0 Å². The monoisotopic (exact) mass is 367 g/mol. The number of likely N-dealkylation sites (tertiary alicyclic amines) is 1. The lowest BCUT2D eigenvalue weighted by Crippen LogP contribution is -2.60. The summed E-state index contributed by atoms with van der Waals surface area (Å²) >= 11 is 3.60. The molecule has 1 unspecified atom stereocenters. The van der Waals surface area contributed by atoms with Crippen molar-refractivity contribution in [2.24, 2.45) is 5.92 Å². The molecule has 3 aliphatic heterocycles. The average Bonchev–Trinajstić information content (AvgIpc) is 3.18. The molecule has 1 aromatic heterocycles. The van der Waals surface area contributed by atoms with Crippen LogP contribution < -0.4 is 0 Å². The Kier molecular flexibility index (Phi) is 4.91. The van der Waals surface area contributed by atoms with Gasteiger partial charge in [-0.05, 0) is 44.2 Å². The summed E-state index contributed by atoms with van der Waals surface area (Å²) in [4.78, 5) is 16.5. The highest BCUT2D eigenvalue weighted by Crippen LogP contribution is 2.46. The number of hydrogen-bond donors (Lipinski definition) is 0. The summed E-state index contributed by atoms with van der Waals surface area (Å²) in [6.45, 7) is 6.45. The molecule has 0 aliphatic carbocycles. The van der Waals surface area contributed by atoms with Gasteiger partial charge in [0.2, 0.25) is 0 Å². The minimum absolute atomic E-state index is 0.200. The number of thioether (sulfide) groups is 1. The van der Waals surface area contributed by atoms with Crippen LogP contribution in [0.2, 0.25) is 0 Å². The molecule has 6 heteroatoms. The largest absolute Gasteiger partial charge is 0.381 e. The van der Waals surface area contributed by atoms with Gasteiger partial charge in [0.05, 0.1) is 15.7 Å². The fourth-order valence-electron chi connectivity index (χ4n) is 3.81. The second-order valence-corrected chi connectivity index (χ2v) is 10.1. The zero-order valence-corrected chi connectivity index (χ0v) is 15.8. The number of carbonyl (C=O) groups excluding carboxylic acids is 1. The number of aryl methyl sites for hydroxylation is 1. The molecule has 4 heterocycles. The summed E-state index contributed by atoms with van der Waals surface area (Å²) in [5.74, 6) is 1.94. The molecule has 4 nitrogen and oxygen atoms in total. The van der Waals surface area contributed by atoms with Crippen LogP contribution >= 0.6 is 23.1 Å². The predicted molar refractivity (Wildman–Crippen MR) is 98.0 cm³/mol. The molecular weight excluding hydrogens is 342 g/mol. The van der Waals surface area contributed by atoms with E-state index in [-0.39, 0.29) is 10.7 Å². The minimum Gasteiger partial charge on any atom is -0.381 e. The number of carbonyl (C=O) groups is 1. The van der Waals surface area contributed by atoms with Gasteiger partial charge in [-0.15, -0.1) is 23.1 Å². The highest BCUT2D eigenvalue weighted by Gasteiger charge is 2.51. The van der Waals surface area contributed by atoms with Crippen LogP contribution in [-0.2, 0) is 9.47 Å². The van der Waals surface area contributed by atoms with Gasteiger partial charge < -0.3 is 14.4 Å². The molecule has 3 saturated heterocycles. The van der Waals surface area contributed by atoms with Crippen molar-refractivity contribution in [2.75, 3.05) is 38.7 Å². The quantitative estimate of drug-likeness (QED) is 0.819. The van der Waals surface area contributed by atoms with E-state index < -0.39 is 0 Å². The van der Waals surface area contributed by atoms with E-state index in [9.17, 15) is 4.79 Å². The molecular formula is C18H25NO3S2. The first-order valence-corrected chi connectivity index (χ1v) is 10.6. The van der Waals surface area contributed by atoms with Gasteiger partial charge in [-0.25, -0.2) is 0 Å². The number of rotatable bonds is 4. The first kappa shape index (κ1) is 16.9. The second-order valence-electron chi connectivity index (χ2n) is 7.28. The minimum atomic E-state index is 0.200. The van der Waals surface area contributed by atoms with Gasteiger partial charge in [-0.1, -0.05) is 0 Å². The highest BCUT2D eigenvalue weighted by atomic mass is 32.2. The van der Waals surface area contributed by atoms with E-state index in [4.69, 9.17) is 9.47 Å². The summed E-state index contributed by atoms with van der Waals surface area (Å²) in [6, 6.07) is 3.98. The van der Waals surface area contributed by atoms with Crippen molar-refractivity contribution in [1.29, 1.82) is 0 Å². The fourth-order valence-corrected chi connectivity index (χ4v) is 6.20. The molecule has 0 N–H and O–H groups in total. The van der Waals surface area contributed by atoms with Crippen LogP contribution in [-0.4, -0.2) is 60.3 Å². The van der Waals surface area contributed by atoms with E-state index >= 15 is 0 Å². The van der Waals surface area contributed by atoms with Crippen LogP contribution in [0, 0.1) is 12.8 Å². The molecule has 1 atom stereocenters. The smallest absolute Gasteiger partial charge is 0.264 e. The third kappa shape index (κ3) is 3.52. The molecule has 0 saturated carbocycles. The second kappa shape index (κ2) is 6.98. The molecule has 132 valence electrons. The van der Waals surface area contributed by atoms with Crippen LogP contribution in [0.4, 0.5) is 0 Å². The SMILES string of the molecule is Cc1ccc(C(=O)N2CC3(CC(OCC4CCOCC4)CS3)C2)s1. The van der Waals surface area contributed by atoms with Crippen LogP contribution in [0.3, 0.4) is 0 Å².